The average Bonchev–Trinajstić information content (AvgIpc) is 3.06. The van der Waals surface area contributed by atoms with Gasteiger partial charge in [0.15, 0.2) is 17.7 Å². The molecule has 0 aliphatic carbocycles. The molecule has 12 unspecified atom stereocenters. The molecule has 2 saturated heterocycles. The van der Waals surface area contributed by atoms with Crippen molar-refractivity contribution in [3.63, 3.8) is 0 Å². The Kier molecular flexibility index (Phi) is 20.8. The van der Waals surface area contributed by atoms with E-state index in [0.717, 1.165) is 14.0 Å². The van der Waals surface area contributed by atoms with Crippen LogP contribution in [0.25, 0.3) is 0 Å². The second-order valence-corrected chi connectivity index (χ2v) is 18.2. The van der Waals surface area contributed by atoms with Crippen LogP contribution in [0.15, 0.2) is 0 Å². The molecule has 2 N–H and O–H groups in total. The summed E-state index contributed by atoms with van der Waals surface area (Å²) >= 11 is 0. The summed E-state index contributed by atoms with van der Waals surface area (Å²) in [6.45, 7) is 18.2. The van der Waals surface area contributed by atoms with Crippen LogP contribution in [-0.4, -0.2) is 107 Å². The lowest BCUT2D eigenvalue weighted by Crippen LogP contribution is -2.59. The highest BCUT2D eigenvalue weighted by Crippen LogP contribution is 2.48. The molecule has 2 aliphatic heterocycles. The molecule has 344 valence electrons. The van der Waals surface area contributed by atoms with Crippen molar-refractivity contribution in [2.45, 2.75) is 195 Å². The standard InChI is InChI=1S/C44H72O16/c1-13-36(49)56-33(19-32(48)18-29(9)45)39(42(52)54-12)41(55-31(11)47)34(57-37(50)14-24(2)3)17-28(8)40(58-38(51)15-25(4)5)35-16-26(6)21-44(59-35)22-27(7)20-43(53,60-44)23-30(10)46/h24-28,32-35,39-41,48,53H,13-23H2,1-12H3. The molecule has 2 fully saturated rings. The first-order valence-electron chi connectivity index (χ1n) is 21.4. The second kappa shape index (κ2) is 23.7. The van der Waals surface area contributed by atoms with Crippen molar-refractivity contribution in [3.8, 4) is 0 Å². The van der Waals surface area contributed by atoms with Gasteiger partial charge in [-0.3, -0.25) is 33.6 Å². The molecule has 2 aliphatic rings. The van der Waals surface area contributed by atoms with Crippen molar-refractivity contribution in [1.82, 2.24) is 0 Å². The third-order valence-corrected chi connectivity index (χ3v) is 10.6. The number of ether oxygens (including phenoxy) is 7. The molecule has 2 heterocycles. The lowest BCUT2D eigenvalue weighted by atomic mass is 9.78. The number of rotatable bonds is 23. The minimum Gasteiger partial charge on any atom is -0.469 e. The summed E-state index contributed by atoms with van der Waals surface area (Å²) in [7, 11) is 1.07. The van der Waals surface area contributed by atoms with Gasteiger partial charge in [0.05, 0.1) is 25.7 Å². The van der Waals surface area contributed by atoms with E-state index in [9.17, 15) is 43.8 Å². The van der Waals surface area contributed by atoms with Gasteiger partial charge in [-0.25, -0.2) is 0 Å². The van der Waals surface area contributed by atoms with Gasteiger partial charge in [0, 0.05) is 58.3 Å². The molecule has 0 aromatic heterocycles. The number of aliphatic hydroxyl groups is 2. The highest BCUT2D eigenvalue weighted by Gasteiger charge is 2.55. The fourth-order valence-corrected chi connectivity index (χ4v) is 8.66. The topological polar surface area (TPSA) is 225 Å². The minimum atomic E-state index is -1.79. The summed E-state index contributed by atoms with van der Waals surface area (Å²) in [6, 6.07) is 0. The smallest absolute Gasteiger partial charge is 0.316 e. The molecule has 16 nitrogen and oxygen atoms in total. The van der Waals surface area contributed by atoms with Crippen LogP contribution in [0.1, 0.15) is 147 Å². The zero-order valence-corrected chi connectivity index (χ0v) is 37.8. The highest BCUT2D eigenvalue weighted by molar-refractivity contribution is 5.78. The fourth-order valence-electron chi connectivity index (χ4n) is 8.66. The first-order valence-corrected chi connectivity index (χ1v) is 21.4. The molecule has 60 heavy (non-hydrogen) atoms. The Labute approximate surface area is 355 Å². The highest BCUT2D eigenvalue weighted by atomic mass is 16.8. The maximum atomic E-state index is 13.8. The number of carbonyl (C=O) groups excluding carboxylic acids is 7. The van der Waals surface area contributed by atoms with Crippen LogP contribution >= 0.6 is 0 Å². The Morgan fingerprint density at radius 1 is 0.733 bits per heavy atom. The Hall–Kier alpha value is -3.47. The summed E-state index contributed by atoms with van der Waals surface area (Å²) in [5, 5.41) is 22.4. The van der Waals surface area contributed by atoms with E-state index in [4.69, 9.17) is 33.2 Å². The van der Waals surface area contributed by atoms with Crippen molar-refractivity contribution in [2.24, 2.45) is 35.5 Å². The molecule has 0 radical (unpaired) electrons. The number of esters is 5. The van der Waals surface area contributed by atoms with Gasteiger partial charge >= 0.3 is 29.8 Å². The van der Waals surface area contributed by atoms with Crippen molar-refractivity contribution in [1.29, 1.82) is 0 Å². The summed E-state index contributed by atoms with van der Waals surface area (Å²) < 4.78 is 42.1. The Bertz CT molecular complexity index is 1470. The number of Topliss-reactive ketones (excluding diaryl/α,β-unsaturated/α-hetero) is 2. The number of ketones is 2. The van der Waals surface area contributed by atoms with Crippen LogP contribution in [-0.2, 0) is 66.7 Å². The molecule has 0 aromatic rings. The molecular weight excluding hydrogens is 784 g/mol. The molecule has 0 aromatic carbocycles. The largest absolute Gasteiger partial charge is 0.469 e. The maximum Gasteiger partial charge on any atom is 0.316 e. The van der Waals surface area contributed by atoms with Crippen LogP contribution in [0.3, 0.4) is 0 Å². The van der Waals surface area contributed by atoms with Crippen LogP contribution < -0.4 is 0 Å². The predicted octanol–water partition coefficient (Wildman–Crippen LogP) is 5.33. The normalized spacial score (nSPS) is 26.5. The van der Waals surface area contributed by atoms with E-state index in [2.05, 4.69) is 0 Å². The van der Waals surface area contributed by atoms with E-state index in [1.807, 2.05) is 27.7 Å². The van der Waals surface area contributed by atoms with Crippen LogP contribution in [0.2, 0.25) is 0 Å². The lowest BCUT2D eigenvalue weighted by Gasteiger charge is -2.53. The summed E-state index contributed by atoms with van der Waals surface area (Å²) in [4.78, 5) is 90.9. The van der Waals surface area contributed by atoms with Gasteiger partial charge in [-0.05, 0) is 56.3 Å². The molecule has 0 bridgehead atoms. The molecule has 12 atom stereocenters. The first-order chi connectivity index (χ1) is 27.8. The van der Waals surface area contributed by atoms with Gasteiger partial charge in [0.2, 0.25) is 0 Å². The van der Waals surface area contributed by atoms with Crippen molar-refractivity contribution < 1.29 is 76.9 Å². The zero-order valence-electron chi connectivity index (χ0n) is 37.8. The van der Waals surface area contributed by atoms with E-state index >= 15 is 0 Å². The molecule has 0 saturated carbocycles. The van der Waals surface area contributed by atoms with Crippen LogP contribution in [0.5, 0.6) is 0 Å². The molecular formula is C44H72O16. The average molecular weight is 857 g/mol. The lowest BCUT2D eigenvalue weighted by molar-refractivity contribution is -0.405. The number of aliphatic hydroxyl groups excluding tert-OH is 1. The molecule has 0 amide bonds. The Balaban J connectivity index is 2.79. The quantitative estimate of drug-likeness (QED) is 0.0979. The summed E-state index contributed by atoms with van der Waals surface area (Å²) in [5.74, 6) is -10.5. The van der Waals surface area contributed by atoms with Gasteiger partial charge in [0.25, 0.3) is 0 Å². The van der Waals surface area contributed by atoms with E-state index in [1.54, 1.807) is 20.8 Å². The van der Waals surface area contributed by atoms with E-state index < -0.39 is 96.3 Å². The summed E-state index contributed by atoms with van der Waals surface area (Å²) in [6.07, 6.45) is -7.94. The minimum absolute atomic E-state index is 0.0584. The van der Waals surface area contributed by atoms with Crippen molar-refractivity contribution in [2.75, 3.05) is 7.11 Å². The zero-order chi connectivity index (χ0) is 45.7. The van der Waals surface area contributed by atoms with Gasteiger partial charge < -0.3 is 43.4 Å². The van der Waals surface area contributed by atoms with Crippen LogP contribution in [0, 0.1) is 35.5 Å². The number of hydrogen-bond acceptors (Lipinski definition) is 16. The monoisotopic (exact) mass is 856 g/mol. The van der Waals surface area contributed by atoms with E-state index in [1.165, 1.54) is 20.8 Å². The Morgan fingerprint density at radius 2 is 1.30 bits per heavy atom. The maximum absolute atomic E-state index is 13.8. The van der Waals surface area contributed by atoms with Gasteiger partial charge in [-0.15, -0.1) is 0 Å². The van der Waals surface area contributed by atoms with Crippen molar-refractivity contribution >= 4 is 41.4 Å². The van der Waals surface area contributed by atoms with E-state index in [0.29, 0.717) is 19.3 Å². The van der Waals surface area contributed by atoms with Gasteiger partial charge in [-0.2, -0.15) is 0 Å². The van der Waals surface area contributed by atoms with Crippen LogP contribution in [0.4, 0.5) is 0 Å². The van der Waals surface area contributed by atoms with Crippen molar-refractivity contribution in [3.05, 3.63) is 0 Å². The fraction of sp³-hybridized carbons (Fsp3) is 0.841. The first kappa shape index (κ1) is 52.7. The SMILES string of the molecule is CCC(=O)OC(CC(O)CC(C)=O)C(C(=O)OC)C(OC(C)=O)C(CC(C)C(OC(=O)CC(C)C)C1CC(C)CC2(CC(C)CC(O)(CC(C)=O)O2)O1)OC(=O)CC(C)C. The predicted molar refractivity (Wildman–Crippen MR) is 215 cm³/mol. The third kappa shape index (κ3) is 17.1. The third-order valence-electron chi connectivity index (χ3n) is 10.6. The molecule has 1 spiro atoms. The molecule has 2 rings (SSSR count). The number of hydrogen-bond donors (Lipinski definition) is 2. The Morgan fingerprint density at radius 3 is 1.82 bits per heavy atom. The summed E-state index contributed by atoms with van der Waals surface area (Å²) in [5.41, 5.74) is 0. The second-order valence-electron chi connectivity index (χ2n) is 18.2. The number of methoxy groups -OCH3 is 1. The number of carbonyl (C=O) groups is 7. The van der Waals surface area contributed by atoms with E-state index in [-0.39, 0.29) is 80.2 Å². The van der Waals surface area contributed by atoms with Gasteiger partial charge in [-0.1, -0.05) is 55.4 Å². The molecule has 16 heteroatoms. The van der Waals surface area contributed by atoms with Gasteiger partial charge in [0.1, 0.15) is 35.8 Å².